The number of rotatable bonds is 6. The Balaban J connectivity index is 1.60. The highest BCUT2D eigenvalue weighted by atomic mass is 35.5. The molecule has 0 aliphatic heterocycles. The topological polar surface area (TPSA) is 49.8 Å². The van der Waals surface area contributed by atoms with Crippen LogP contribution in [0.25, 0.3) is 6.08 Å². The average Bonchev–Trinajstić information content (AvgIpc) is 3.04. The van der Waals surface area contributed by atoms with Gasteiger partial charge >= 0.3 is 0 Å². The van der Waals surface area contributed by atoms with Crippen LogP contribution in [0.2, 0.25) is 15.1 Å². The van der Waals surface area contributed by atoms with Gasteiger partial charge in [-0.2, -0.15) is 9.36 Å². The van der Waals surface area contributed by atoms with Crippen molar-refractivity contribution in [2.24, 2.45) is 0 Å². The Morgan fingerprint density at radius 3 is 2.58 bits per heavy atom. The van der Waals surface area contributed by atoms with Gasteiger partial charge in [0.25, 0.3) is 0 Å². The summed E-state index contributed by atoms with van der Waals surface area (Å²) < 4.78 is 4.33. The highest BCUT2D eigenvalue weighted by Gasteiger charge is 2.05. The maximum Gasteiger partial charge on any atom is 0.207 e. The second-order valence-corrected chi connectivity index (χ2v) is 7.52. The molecule has 0 unspecified atom stereocenters. The van der Waals surface area contributed by atoms with E-state index in [4.69, 9.17) is 34.8 Å². The van der Waals surface area contributed by atoms with Gasteiger partial charge in [-0.05, 0) is 42.8 Å². The van der Waals surface area contributed by atoms with E-state index in [0.717, 1.165) is 22.0 Å². The van der Waals surface area contributed by atoms with Crippen molar-refractivity contribution in [3.63, 3.8) is 0 Å². The summed E-state index contributed by atoms with van der Waals surface area (Å²) in [6.45, 7) is 2.68. The van der Waals surface area contributed by atoms with Crippen LogP contribution in [0.1, 0.15) is 18.3 Å². The Morgan fingerprint density at radius 2 is 1.85 bits per heavy atom. The summed E-state index contributed by atoms with van der Waals surface area (Å²) in [7, 11) is 0. The third kappa shape index (κ3) is 5.35. The fourth-order valence-electron chi connectivity index (χ4n) is 2.13. The van der Waals surface area contributed by atoms with E-state index in [-0.39, 0.29) is 0 Å². The molecule has 8 heteroatoms. The molecule has 0 spiro atoms. The van der Waals surface area contributed by atoms with Crippen LogP contribution in [-0.2, 0) is 6.54 Å². The van der Waals surface area contributed by atoms with E-state index in [1.54, 1.807) is 12.1 Å². The van der Waals surface area contributed by atoms with Crippen LogP contribution >= 0.6 is 46.3 Å². The van der Waals surface area contributed by atoms with Gasteiger partial charge in [0, 0.05) is 40.6 Å². The molecule has 0 aliphatic rings. The molecule has 1 aromatic heterocycles. The molecule has 0 saturated heterocycles. The molecule has 26 heavy (non-hydrogen) atoms. The Bertz CT molecular complexity index is 922. The number of anilines is 2. The lowest BCUT2D eigenvalue weighted by Gasteiger charge is -2.06. The second-order valence-electron chi connectivity index (χ2n) is 5.52. The van der Waals surface area contributed by atoms with Crippen LogP contribution in [0.4, 0.5) is 10.8 Å². The van der Waals surface area contributed by atoms with Crippen LogP contribution in [-0.4, -0.2) is 9.36 Å². The molecule has 3 rings (SSSR count). The number of nitrogens with one attached hydrogen (secondary N) is 2. The standard InChI is InChI=1S/C18H15Cl3N4S/c1-11(22-10-12-2-4-13(19)5-3-12)8-17-24-18(26-25-17)23-14-6-7-15(20)16(21)9-14/h2-9,22H,10H2,1H3,(H,23,24,25)/b11-8+. The molecule has 0 aliphatic carbocycles. The van der Waals surface area contributed by atoms with Gasteiger partial charge in [0.1, 0.15) is 0 Å². The number of aromatic nitrogens is 2. The van der Waals surface area contributed by atoms with E-state index in [2.05, 4.69) is 20.0 Å². The summed E-state index contributed by atoms with van der Waals surface area (Å²) >= 11 is 19.1. The third-order valence-electron chi connectivity index (χ3n) is 3.44. The highest BCUT2D eigenvalue weighted by Crippen LogP contribution is 2.27. The molecule has 134 valence electrons. The lowest BCUT2D eigenvalue weighted by Crippen LogP contribution is -2.10. The first-order valence-corrected chi connectivity index (χ1v) is 9.63. The minimum atomic E-state index is 0.489. The van der Waals surface area contributed by atoms with Crippen molar-refractivity contribution < 1.29 is 0 Å². The van der Waals surface area contributed by atoms with Crippen molar-refractivity contribution >= 4 is 63.2 Å². The Kier molecular flexibility index (Phi) is 6.38. The predicted molar refractivity (Wildman–Crippen MR) is 112 cm³/mol. The number of hydrogen-bond acceptors (Lipinski definition) is 5. The Hall–Kier alpha value is -1.79. The minimum Gasteiger partial charge on any atom is -0.384 e. The monoisotopic (exact) mass is 424 g/mol. The molecule has 2 aromatic carbocycles. The van der Waals surface area contributed by atoms with E-state index in [0.29, 0.717) is 27.5 Å². The molecule has 0 bridgehead atoms. The quantitative estimate of drug-likeness (QED) is 0.480. The number of allylic oxidation sites excluding steroid dienone is 1. The molecule has 0 amide bonds. The first kappa shape index (κ1) is 19.0. The first-order chi connectivity index (χ1) is 12.5. The molecule has 2 N–H and O–H groups in total. The normalized spacial score (nSPS) is 11.5. The van der Waals surface area contributed by atoms with Gasteiger partial charge in [0.15, 0.2) is 5.82 Å². The van der Waals surface area contributed by atoms with Gasteiger partial charge in [-0.1, -0.05) is 46.9 Å². The number of hydrogen-bond donors (Lipinski definition) is 2. The fourth-order valence-corrected chi connectivity index (χ4v) is 3.13. The van der Waals surface area contributed by atoms with Crippen LogP contribution < -0.4 is 10.6 Å². The zero-order chi connectivity index (χ0) is 18.5. The zero-order valence-electron chi connectivity index (χ0n) is 13.8. The number of halogens is 3. The van der Waals surface area contributed by atoms with Crippen molar-refractivity contribution in [2.45, 2.75) is 13.5 Å². The van der Waals surface area contributed by atoms with Gasteiger partial charge in [-0.15, -0.1) is 0 Å². The average molecular weight is 426 g/mol. The lowest BCUT2D eigenvalue weighted by molar-refractivity contribution is 0.817. The Morgan fingerprint density at radius 1 is 1.08 bits per heavy atom. The van der Waals surface area contributed by atoms with Crippen LogP contribution in [0.3, 0.4) is 0 Å². The van der Waals surface area contributed by atoms with Crippen molar-refractivity contribution in [1.29, 1.82) is 0 Å². The molecule has 3 aromatic rings. The Labute approximate surface area is 171 Å². The van der Waals surface area contributed by atoms with E-state index in [1.165, 1.54) is 11.5 Å². The SMILES string of the molecule is C/C(=C\c1nsc(Nc2ccc(Cl)c(Cl)c2)n1)NCc1ccc(Cl)cc1. The second kappa shape index (κ2) is 8.73. The summed E-state index contributed by atoms with van der Waals surface area (Å²) in [5.74, 6) is 0.638. The lowest BCUT2D eigenvalue weighted by atomic mass is 10.2. The summed E-state index contributed by atoms with van der Waals surface area (Å²) in [6.07, 6.45) is 1.90. The fraction of sp³-hybridized carbons (Fsp3) is 0.111. The van der Waals surface area contributed by atoms with Crippen molar-refractivity contribution in [1.82, 2.24) is 14.7 Å². The van der Waals surface area contributed by atoms with Gasteiger partial charge in [0.2, 0.25) is 5.13 Å². The summed E-state index contributed by atoms with van der Waals surface area (Å²) in [5, 5.41) is 8.91. The van der Waals surface area contributed by atoms with Gasteiger partial charge in [-0.3, -0.25) is 0 Å². The van der Waals surface area contributed by atoms with E-state index >= 15 is 0 Å². The van der Waals surface area contributed by atoms with Crippen molar-refractivity contribution in [2.75, 3.05) is 5.32 Å². The van der Waals surface area contributed by atoms with E-state index < -0.39 is 0 Å². The van der Waals surface area contributed by atoms with Crippen LogP contribution in [0.15, 0.2) is 48.2 Å². The number of nitrogens with zero attached hydrogens (tertiary/aromatic N) is 2. The summed E-state index contributed by atoms with van der Waals surface area (Å²) in [4.78, 5) is 4.45. The molecule has 0 fully saturated rings. The first-order valence-electron chi connectivity index (χ1n) is 7.72. The smallest absolute Gasteiger partial charge is 0.207 e. The molecule has 0 radical (unpaired) electrons. The summed E-state index contributed by atoms with van der Waals surface area (Å²) in [5.41, 5.74) is 2.93. The molecule has 1 heterocycles. The predicted octanol–water partition coefficient (Wildman–Crippen LogP) is 6.39. The van der Waals surface area contributed by atoms with E-state index in [9.17, 15) is 0 Å². The molecule has 4 nitrogen and oxygen atoms in total. The third-order valence-corrected chi connectivity index (χ3v) is 5.08. The van der Waals surface area contributed by atoms with Crippen molar-refractivity contribution in [3.8, 4) is 0 Å². The summed E-state index contributed by atoms with van der Waals surface area (Å²) in [6, 6.07) is 13.1. The van der Waals surface area contributed by atoms with Crippen LogP contribution in [0.5, 0.6) is 0 Å². The molecular formula is C18H15Cl3N4S. The minimum absolute atomic E-state index is 0.489. The molecule has 0 saturated carbocycles. The molecular weight excluding hydrogens is 411 g/mol. The van der Waals surface area contributed by atoms with Crippen LogP contribution in [0, 0.1) is 0 Å². The van der Waals surface area contributed by atoms with Gasteiger partial charge in [0.05, 0.1) is 10.0 Å². The maximum atomic E-state index is 6.02. The zero-order valence-corrected chi connectivity index (χ0v) is 16.8. The maximum absolute atomic E-state index is 6.02. The van der Waals surface area contributed by atoms with Gasteiger partial charge < -0.3 is 10.6 Å². The molecule has 0 atom stereocenters. The van der Waals surface area contributed by atoms with Crippen molar-refractivity contribution in [3.05, 3.63) is 74.6 Å². The largest absolute Gasteiger partial charge is 0.384 e. The number of benzene rings is 2. The van der Waals surface area contributed by atoms with E-state index in [1.807, 2.05) is 43.3 Å². The van der Waals surface area contributed by atoms with Gasteiger partial charge in [-0.25, -0.2) is 0 Å². The highest BCUT2D eigenvalue weighted by molar-refractivity contribution is 7.09.